The van der Waals surface area contributed by atoms with E-state index in [-0.39, 0.29) is 11.3 Å². The molecule has 2 heterocycles. The van der Waals surface area contributed by atoms with E-state index in [9.17, 15) is 4.79 Å². The number of thiophene rings is 1. The van der Waals surface area contributed by atoms with Gasteiger partial charge in [0.25, 0.3) is 0 Å². The summed E-state index contributed by atoms with van der Waals surface area (Å²) >= 11 is 1.66. The highest BCUT2D eigenvalue weighted by molar-refractivity contribution is 7.10. The van der Waals surface area contributed by atoms with Gasteiger partial charge in [0.05, 0.1) is 6.42 Å². The molecule has 0 atom stereocenters. The zero-order valence-electron chi connectivity index (χ0n) is 14.8. The predicted octanol–water partition coefficient (Wildman–Crippen LogP) is 3.94. The first-order valence-corrected chi connectivity index (χ1v) is 9.47. The molecule has 0 spiro atoms. The van der Waals surface area contributed by atoms with Crippen LogP contribution in [-0.4, -0.2) is 37.0 Å². The molecule has 1 aliphatic rings. The Bertz CT molecular complexity index is 663. The number of carbonyl (C=O) groups is 1. The third-order valence-electron chi connectivity index (χ3n) is 4.64. The molecule has 24 heavy (non-hydrogen) atoms. The van der Waals surface area contributed by atoms with Crippen molar-refractivity contribution in [2.45, 2.75) is 32.6 Å². The number of rotatable bonds is 3. The van der Waals surface area contributed by atoms with Crippen molar-refractivity contribution in [1.29, 1.82) is 0 Å². The quantitative estimate of drug-likeness (QED) is 0.843. The van der Waals surface area contributed by atoms with Crippen molar-refractivity contribution >= 4 is 22.9 Å². The van der Waals surface area contributed by atoms with Gasteiger partial charge in [-0.3, -0.25) is 4.79 Å². The van der Waals surface area contributed by atoms with Gasteiger partial charge >= 0.3 is 0 Å². The molecule has 3 rings (SSSR count). The summed E-state index contributed by atoms with van der Waals surface area (Å²) in [6.45, 7) is 10.1. The highest BCUT2D eigenvalue weighted by Gasteiger charge is 2.22. The number of carbonyl (C=O) groups excluding carboxylic acids is 1. The topological polar surface area (TPSA) is 23.6 Å². The second-order valence-electron chi connectivity index (χ2n) is 7.42. The van der Waals surface area contributed by atoms with Crippen LogP contribution in [0.3, 0.4) is 0 Å². The molecule has 4 heteroatoms. The van der Waals surface area contributed by atoms with Crippen LogP contribution in [-0.2, 0) is 16.6 Å². The zero-order chi connectivity index (χ0) is 17.2. The normalized spacial score (nSPS) is 15.6. The van der Waals surface area contributed by atoms with Gasteiger partial charge in [-0.05, 0) is 34.6 Å². The molecule has 1 aliphatic heterocycles. The van der Waals surface area contributed by atoms with Crippen LogP contribution >= 0.6 is 11.3 Å². The van der Waals surface area contributed by atoms with E-state index < -0.39 is 0 Å². The minimum Gasteiger partial charge on any atom is -0.368 e. The summed E-state index contributed by atoms with van der Waals surface area (Å²) in [6.07, 6.45) is 0.540. The third-order valence-corrected chi connectivity index (χ3v) is 5.51. The standard InChI is InChI=1S/C20H26N2OS/c1-20(2,3)16-6-8-17(9-7-16)21-10-12-22(13-11-21)19(23)15-18-5-4-14-24-18/h4-9,14H,10-13,15H2,1-3H3. The van der Waals surface area contributed by atoms with Crippen molar-refractivity contribution in [2.24, 2.45) is 0 Å². The first-order valence-electron chi connectivity index (χ1n) is 8.59. The average molecular weight is 343 g/mol. The van der Waals surface area contributed by atoms with Gasteiger partial charge in [-0.25, -0.2) is 0 Å². The maximum Gasteiger partial charge on any atom is 0.227 e. The maximum absolute atomic E-state index is 12.4. The van der Waals surface area contributed by atoms with Gasteiger partial charge < -0.3 is 9.80 Å². The predicted molar refractivity (Wildman–Crippen MR) is 102 cm³/mol. The van der Waals surface area contributed by atoms with E-state index in [0.29, 0.717) is 6.42 Å². The molecule has 1 fully saturated rings. The van der Waals surface area contributed by atoms with Gasteiger partial charge in [0.1, 0.15) is 0 Å². The van der Waals surface area contributed by atoms with Gasteiger partial charge in [0.15, 0.2) is 0 Å². The number of nitrogens with zero attached hydrogens (tertiary/aromatic N) is 2. The third kappa shape index (κ3) is 3.99. The van der Waals surface area contributed by atoms with Crippen molar-refractivity contribution in [3.8, 4) is 0 Å². The fourth-order valence-corrected chi connectivity index (χ4v) is 3.76. The fraction of sp³-hybridized carbons (Fsp3) is 0.450. The second kappa shape index (κ2) is 6.98. The van der Waals surface area contributed by atoms with E-state index in [0.717, 1.165) is 31.1 Å². The molecule has 0 bridgehead atoms. The Kier molecular flexibility index (Phi) is 4.95. The van der Waals surface area contributed by atoms with Crippen LogP contribution < -0.4 is 4.90 Å². The van der Waals surface area contributed by atoms with Crippen LogP contribution in [0.1, 0.15) is 31.2 Å². The summed E-state index contributed by atoms with van der Waals surface area (Å²) in [4.78, 5) is 17.9. The van der Waals surface area contributed by atoms with Gasteiger partial charge in [-0.15, -0.1) is 11.3 Å². The monoisotopic (exact) mass is 342 g/mol. The fourth-order valence-electron chi connectivity index (χ4n) is 3.06. The minimum absolute atomic E-state index is 0.186. The molecule has 0 N–H and O–H groups in total. The molecule has 0 aliphatic carbocycles. The molecule has 0 radical (unpaired) electrons. The molecular weight excluding hydrogens is 316 g/mol. The Hall–Kier alpha value is -1.81. The lowest BCUT2D eigenvalue weighted by Gasteiger charge is -2.36. The Balaban J connectivity index is 1.56. The van der Waals surface area contributed by atoms with Crippen LogP contribution in [0.2, 0.25) is 0 Å². The summed E-state index contributed by atoms with van der Waals surface area (Å²) in [5.74, 6) is 0.250. The van der Waals surface area contributed by atoms with Crippen molar-refractivity contribution in [1.82, 2.24) is 4.90 Å². The average Bonchev–Trinajstić information content (AvgIpc) is 3.07. The Morgan fingerprint density at radius 3 is 2.25 bits per heavy atom. The van der Waals surface area contributed by atoms with Crippen molar-refractivity contribution in [2.75, 3.05) is 31.1 Å². The van der Waals surface area contributed by atoms with E-state index in [2.05, 4.69) is 49.9 Å². The number of anilines is 1. The number of hydrogen-bond acceptors (Lipinski definition) is 3. The molecule has 3 nitrogen and oxygen atoms in total. The number of piperazine rings is 1. The molecule has 0 saturated carbocycles. The van der Waals surface area contributed by atoms with Crippen LogP contribution in [0.4, 0.5) is 5.69 Å². The van der Waals surface area contributed by atoms with Crippen LogP contribution in [0.5, 0.6) is 0 Å². The van der Waals surface area contributed by atoms with E-state index >= 15 is 0 Å². The smallest absolute Gasteiger partial charge is 0.227 e. The molecule has 128 valence electrons. The van der Waals surface area contributed by atoms with Crippen LogP contribution in [0.15, 0.2) is 41.8 Å². The first-order chi connectivity index (χ1) is 11.4. The summed E-state index contributed by atoms with van der Waals surface area (Å²) in [5, 5.41) is 2.03. The van der Waals surface area contributed by atoms with Crippen LogP contribution in [0.25, 0.3) is 0 Å². The summed E-state index contributed by atoms with van der Waals surface area (Å²) in [7, 11) is 0. The van der Waals surface area contributed by atoms with Crippen molar-refractivity contribution < 1.29 is 4.79 Å². The lowest BCUT2D eigenvalue weighted by molar-refractivity contribution is -0.130. The largest absolute Gasteiger partial charge is 0.368 e. The van der Waals surface area contributed by atoms with Crippen molar-refractivity contribution in [3.05, 3.63) is 52.2 Å². The first kappa shape index (κ1) is 17.0. The highest BCUT2D eigenvalue weighted by atomic mass is 32.1. The second-order valence-corrected chi connectivity index (χ2v) is 8.45. The Morgan fingerprint density at radius 1 is 1.04 bits per heavy atom. The zero-order valence-corrected chi connectivity index (χ0v) is 15.6. The molecule has 1 aromatic carbocycles. The summed E-state index contributed by atoms with van der Waals surface area (Å²) in [6, 6.07) is 12.9. The lowest BCUT2D eigenvalue weighted by atomic mass is 9.87. The van der Waals surface area contributed by atoms with Gasteiger partial charge in [0.2, 0.25) is 5.91 Å². The Morgan fingerprint density at radius 2 is 1.71 bits per heavy atom. The van der Waals surface area contributed by atoms with Gasteiger partial charge in [-0.2, -0.15) is 0 Å². The van der Waals surface area contributed by atoms with Crippen molar-refractivity contribution in [3.63, 3.8) is 0 Å². The molecular formula is C20H26N2OS. The molecule has 2 aromatic rings. The minimum atomic E-state index is 0.186. The Labute approximate surface area is 148 Å². The maximum atomic E-state index is 12.4. The lowest BCUT2D eigenvalue weighted by Crippen LogP contribution is -2.49. The number of amides is 1. The highest BCUT2D eigenvalue weighted by Crippen LogP contribution is 2.25. The van der Waals surface area contributed by atoms with E-state index in [1.165, 1.54) is 11.3 Å². The van der Waals surface area contributed by atoms with E-state index in [4.69, 9.17) is 0 Å². The van der Waals surface area contributed by atoms with Gasteiger partial charge in [0, 0.05) is 36.7 Å². The van der Waals surface area contributed by atoms with Crippen LogP contribution in [0, 0.1) is 0 Å². The molecule has 1 amide bonds. The summed E-state index contributed by atoms with van der Waals surface area (Å²) in [5.41, 5.74) is 2.80. The molecule has 1 aromatic heterocycles. The SMILES string of the molecule is CC(C)(C)c1ccc(N2CCN(C(=O)Cc3cccs3)CC2)cc1. The number of benzene rings is 1. The van der Waals surface area contributed by atoms with E-state index in [1.54, 1.807) is 11.3 Å². The molecule has 0 unspecified atom stereocenters. The van der Waals surface area contributed by atoms with E-state index in [1.807, 2.05) is 22.4 Å². The summed E-state index contributed by atoms with van der Waals surface area (Å²) < 4.78 is 0. The molecule has 1 saturated heterocycles. The van der Waals surface area contributed by atoms with Gasteiger partial charge in [-0.1, -0.05) is 39.0 Å². The number of hydrogen-bond donors (Lipinski definition) is 0.